The smallest absolute Gasteiger partial charge is 0.212 e. The summed E-state index contributed by atoms with van der Waals surface area (Å²) in [6, 6.07) is 9.55. The van der Waals surface area contributed by atoms with Crippen LogP contribution in [0, 0.1) is 5.41 Å². The minimum absolute atomic E-state index is 0.0444. The maximum atomic E-state index is 11.4. The number of carbonyl (C=O) groups excluding carboxylic acids is 1. The van der Waals surface area contributed by atoms with Gasteiger partial charge in [0.1, 0.15) is 6.29 Å². The van der Waals surface area contributed by atoms with Crippen molar-refractivity contribution in [1.82, 2.24) is 4.57 Å². The first-order valence-electron chi connectivity index (χ1n) is 11.9. The molecular formula is C27H41NO3S. The SMILES string of the molecule is CCCCCC(CCC)Sc1cc(O)n(-c2ccc(C(C)(C)CC(C)(C)C=O)cc2)c1O. The third-order valence-corrected chi connectivity index (χ3v) is 7.44. The van der Waals surface area contributed by atoms with Crippen LogP contribution in [0.2, 0.25) is 0 Å². The van der Waals surface area contributed by atoms with Gasteiger partial charge in [-0.15, -0.1) is 11.8 Å². The Kier molecular flexibility index (Phi) is 9.32. The summed E-state index contributed by atoms with van der Waals surface area (Å²) in [7, 11) is 0. The second kappa shape index (κ2) is 11.3. The molecule has 0 aliphatic carbocycles. The maximum absolute atomic E-state index is 11.4. The molecule has 1 unspecified atom stereocenters. The van der Waals surface area contributed by atoms with Crippen LogP contribution >= 0.6 is 11.8 Å². The first-order valence-corrected chi connectivity index (χ1v) is 12.8. The zero-order valence-corrected chi connectivity index (χ0v) is 21.5. The summed E-state index contributed by atoms with van der Waals surface area (Å²) in [6.45, 7) is 12.6. The summed E-state index contributed by atoms with van der Waals surface area (Å²) in [4.78, 5) is 12.1. The highest BCUT2D eigenvalue weighted by Crippen LogP contribution is 2.42. The molecule has 0 aliphatic heterocycles. The van der Waals surface area contributed by atoms with E-state index in [0.29, 0.717) is 5.25 Å². The number of rotatable bonds is 13. The van der Waals surface area contributed by atoms with E-state index >= 15 is 0 Å². The molecule has 0 radical (unpaired) electrons. The number of nitrogens with zero attached hydrogens (tertiary/aromatic N) is 1. The lowest BCUT2D eigenvalue weighted by Crippen LogP contribution is -2.27. The van der Waals surface area contributed by atoms with Crippen LogP contribution in [0.4, 0.5) is 0 Å². The summed E-state index contributed by atoms with van der Waals surface area (Å²) in [5.74, 6) is 0.140. The Bertz CT molecular complexity index is 868. The summed E-state index contributed by atoms with van der Waals surface area (Å²) in [5, 5.41) is 21.9. The van der Waals surface area contributed by atoms with Crippen LogP contribution in [0.15, 0.2) is 35.2 Å². The van der Waals surface area contributed by atoms with Crippen LogP contribution < -0.4 is 0 Å². The van der Waals surface area contributed by atoms with Gasteiger partial charge in [0.25, 0.3) is 0 Å². The normalized spacial score (nSPS) is 13.3. The second-order valence-corrected chi connectivity index (χ2v) is 11.6. The molecule has 0 fully saturated rings. The monoisotopic (exact) mass is 459 g/mol. The number of unbranched alkanes of at least 4 members (excludes halogenated alkanes) is 2. The summed E-state index contributed by atoms with van der Waals surface area (Å²) < 4.78 is 1.50. The fraction of sp³-hybridized carbons (Fsp3) is 0.593. The Morgan fingerprint density at radius 2 is 1.66 bits per heavy atom. The number of aromatic hydroxyl groups is 2. The van der Waals surface area contributed by atoms with Crippen molar-refractivity contribution in [3.8, 4) is 17.4 Å². The van der Waals surface area contributed by atoms with Gasteiger partial charge in [0.15, 0.2) is 5.88 Å². The molecule has 2 N–H and O–H groups in total. The van der Waals surface area contributed by atoms with E-state index in [0.717, 1.165) is 48.1 Å². The van der Waals surface area contributed by atoms with Gasteiger partial charge < -0.3 is 15.0 Å². The minimum atomic E-state index is -0.391. The lowest BCUT2D eigenvalue weighted by molar-refractivity contribution is -0.115. The fourth-order valence-electron chi connectivity index (χ4n) is 4.54. The Hall–Kier alpha value is -1.88. The molecule has 0 amide bonds. The zero-order chi connectivity index (χ0) is 23.9. The molecular weight excluding hydrogens is 418 g/mol. The van der Waals surface area contributed by atoms with E-state index in [-0.39, 0.29) is 17.2 Å². The average molecular weight is 460 g/mol. The first kappa shape index (κ1) is 26.4. The minimum Gasteiger partial charge on any atom is -0.494 e. The lowest BCUT2D eigenvalue weighted by atomic mass is 9.72. The molecule has 4 nitrogen and oxygen atoms in total. The Labute approximate surface area is 198 Å². The van der Waals surface area contributed by atoms with Crippen molar-refractivity contribution < 1.29 is 15.0 Å². The molecule has 2 rings (SSSR count). The van der Waals surface area contributed by atoms with Gasteiger partial charge in [-0.05, 0) is 42.4 Å². The van der Waals surface area contributed by atoms with Gasteiger partial charge in [0.05, 0.1) is 10.6 Å². The van der Waals surface area contributed by atoms with Gasteiger partial charge in [-0.3, -0.25) is 4.57 Å². The second-order valence-electron chi connectivity index (χ2n) is 10.3. The molecule has 1 aromatic heterocycles. The predicted molar refractivity (Wildman–Crippen MR) is 135 cm³/mol. The largest absolute Gasteiger partial charge is 0.494 e. The third-order valence-electron chi connectivity index (χ3n) is 6.08. The summed E-state index contributed by atoms with van der Waals surface area (Å²) >= 11 is 1.67. The number of thioether (sulfide) groups is 1. The van der Waals surface area contributed by atoms with Crippen molar-refractivity contribution in [1.29, 1.82) is 0 Å². The standard InChI is InChI=1S/C27H41NO3S/c1-7-9-10-12-22(11-8-2)32-23-17-24(30)28(25(23)31)21-15-13-20(14-16-21)27(5,6)18-26(3,4)19-29/h13-17,19,22,30-31H,7-12,18H2,1-6H3. The predicted octanol–water partition coefficient (Wildman–Crippen LogP) is 7.62. The molecule has 32 heavy (non-hydrogen) atoms. The van der Waals surface area contributed by atoms with Crippen molar-refractivity contribution in [3.63, 3.8) is 0 Å². The fourth-order valence-corrected chi connectivity index (χ4v) is 5.90. The van der Waals surface area contributed by atoms with Gasteiger partial charge >= 0.3 is 0 Å². The topological polar surface area (TPSA) is 62.5 Å². The molecule has 1 heterocycles. The van der Waals surface area contributed by atoms with Gasteiger partial charge in [-0.2, -0.15) is 0 Å². The zero-order valence-electron chi connectivity index (χ0n) is 20.6. The first-order chi connectivity index (χ1) is 15.0. The molecule has 0 saturated heterocycles. The number of benzene rings is 1. The lowest BCUT2D eigenvalue weighted by Gasteiger charge is -2.32. The van der Waals surface area contributed by atoms with Crippen molar-refractivity contribution in [3.05, 3.63) is 35.9 Å². The van der Waals surface area contributed by atoms with Gasteiger partial charge in [-0.25, -0.2) is 0 Å². The van der Waals surface area contributed by atoms with Gasteiger partial charge in [0.2, 0.25) is 5.88 Å². The molecule has 5 heteroatoms. The highest BCUT2D eigenvalue weighted by atomic mass is 32.2. The van der Waals surface area contributed by atoms with Crippen molar-refractivity contribution >= 4 is 18.0 Å². The van der Waals surface area contributed by atoms with E-state index in [1.807, 2.05) is 38.1 Å². The maximum Gasteiger partial charge on any atom is 0.212 e. The van der Waals surface area contributed by atoms with E-state index in [2.05, 4.69) is 27.7 Å². The molecule has 0 bridgehead atoms. The third kappa shape index (κ3) is 6.81. The molecule has 2 aromatic rings. The van der Waals surface area contributed by atoms with E-state index in [9.17, 15) is 15.0 Å². The number of hydrogen-bond donors (Lipinski definition) is 2. The highest BCUT2D eigenvalue weighted by molar-refractivity contribution is 8.00. The van der Waals surface area contributed by atoms with Gasteiger partial charge in [-0.1, -0.05) is 79.4 Å². The molecule has 0 aliphatic rings. The van der Waals surface area contributed by atoms with E-state index in [4.69, 9.17) is 0 Å². The Morgan fingerprint density at radius 1 is 1.00 bits per heavy atom. The number of hydrogen-bond acceptors (Lipinski definition) is 4. The molecule has 0 spiro atoms. The summed E-state index contributed by atoms with van der Waals surface area (Å²) in [5.41, 5.74) is 1.28. The number of aromatic nitrogens is 1. The van der Waals surface area contributed by atoms with Gasteiger partial charge in [0, 0.05) is 16.7 Å². The highest BCUT2D eigenvalue weighted by Gasteiger charge is 2.30. The number of carbonyl (C=O) groups is 1. The molecule has 0 saturated carbocycles. The van der Waals surface area contributed by atoms with Crippen molar-refractivity contribution in [2.45, 2.75) is 102 Å². The van der Waals surface area contributed by atoms with Crippen LogP contribution in [-0.4, -0.2) is 26.3 Å². The van der Waals surface area contributed by atoms with Crippen LogP contribution in [0.1, 0.15) is 92.1 Å². The van der Waals surface area contributed by atoms with E-state index in [1.165, 1.54) is 23.8 Å². The van der Waals surface area contributed by atoms with Crippen molar-refractivity contribution in [2.24, 2.45) is 5.41 Å². The molecule has 178 valence electrons. The Morgan fingerprint density at radius 3 is 2.22 bits per heavy atom. The quantitative estimate of drug-likeness (QED) is 0.184. The summed E-state index contributed by atoms with van der Waals surface area (Å²) in [6.07, 6.45) is 8.71. The van der Waals surface area contributed by atoms with Crippen LogP contribution in [0.25, 0.3) is 5.69 Å². The van der Waals surface area contributed by atoms with Crippen LogP contribution in [-0.2, 0) is 10.2 Å². The van der Waals surface area contributed by atoms with Crippen LogP contribution in [0.3, 0.4) is 0 Å². The van der Waals surface area contributed by atoms with E-state index in [1.54, 1.807) is 17.8 Å². The molecule has 1 aromatic carbocycles. The van der Waals surface area contributed by atoms with Crippen molar-refractivity contribution in [2.75, 3.05) is 0 Å². The number of aldehydes is 1. The van der Waals surface area contributed by atoms with E-state index < -0.39 is 5.41 Å². The molecule has 1 atom stereocenters. The van der Waals surface area contributed by atoms with Crippen LogP contribution in [0.5, 0.6) is 11.8 Å². The average Bonchev–Trinajstić information content (AvgIpc) is 3.00. The Balaban J connectivity index is 2.24.